The average Bonchev–Trinajstić information content (AvgIpc) is 3.01. The van der Waals surface area contributed by atoms with Crippen molar-refractivity contribution in [3.8, 4) is 6.07 Å². The first kappa shape index (κ1) is 22.0. The van der Waals surface area contributed by atoms with Crippen molar-refractivity contribution in [3.63, 3.8) is 0 Å². The lowest BCUT2D eigenvalue weighted by Crippen LogP contribution is -2.42. The van der Waals surface area contributed by atoms with Crippen LogP contribution in [0.25, 0.3) is 11.2 Å². The molecule has 1 atom stereocenters. The van der Waals surface area contributed by atoms with Gasteiger partial charge in [-0.3, -0.25) is 13.9 Å². The highest BCUT2D eigenvalue weighted by Gasteiger charge is 2.25. The summed E-state index contributed by atoms with van der Waals surface area (Å²) in [5, 5.41) is 9.43. The van der Waals surface area contributed by atoms with Gasteiger partial charge in [-0.05, 0) is 30.2 Å². The number of nitrogens with zero attached hydrogens (tertiary/aromatic N) is 5. The van der Waals surface area contributed by atoms with Gasteiger partial charge in [0.2, 0.25) is 5.28 Å². The average molecular weight is 446 g/mol. The van der Waals surface area contributed by atoms with Crippen molar-refractivity contribution < 1.29 is 4.74 Å². The number of benzene rings is 1. The maximum absolute atomic E-state index is 12.9. The maximum atomic E-state index is 12.9. The van der Waals surface area contributed by atoms with Gasteiger partial charge in [0.25, 0.3) is 5.56 Å². The van der Waals surface area contributed by atoms with E-state index in [9.17, 15) is 14.9 Å². The monoisotopic (exact) mass is 445 g/mol. The quantitative estimate of drug-likeness (QED) is 0.429. The SMILES string of the molecule is CC(OCn1c(=O)n(C)c(=O)c2c1nc(Cl)n2Cc1ccccc1C#N)[Si](C)(C)C. The molecular weight excluding hydrogens is 422 g/mol. The molecular formula is C20H24ClN5O3Si. The molecule has 0 saturated carbocycles. The standard InChI is InChI=1S/C20H24ClN5O3Si/c1-13(30(3,4)5)29-12-26-17-16(18(27)24(2)20(26)28)25(19(21)23-17)11-15-9-7-6-8-14(15)10-22/h6-9,13H,11-12H2,1-5H3. The molecule has 3 aromatic rings. The van der Waals surface area contributed by atoms with Gasteiger partial charge in [0.15, 0.2) is 11.2 Å². The first-order chi connectivity index (χ1) is 14.1. The van der Waals surface area contributed by atoms with Gasteiger partial charge >= 0.3 is 5.69 Å². The summed E-state index contributed by atoms with van der Waals surface area (Å²) in [7, 11) is -0.166. The highest BCUT2D eigenvalue weighted by Crippen LogP contribution is 2.20. The molecule has 0 radical (unpaired) electrons. The zero-order valence-electron chi connectivity index (χ0n) is 17.6. The smallest absolute Gasteiger partial charge is 0.334 e. The van der Waals surface area contributed by atoms with Crippen molar-refractivity contribution in [1.82, 2.24) is 18.7 Å². The van der Waals surface area contributed by atoms with Crippen LogP contribution >= 0.6 is 11.6 Å². The molecule has 1 unspecified atom stereocenters. The van der Waals surface area contributed by atoms with Gasteiger partial charge in [-0.25, -0.2) is 4.79 Å². The number of hydrogen-bond donors (Lipinski definition) is 0. The molecule has 8 nitrogen and oxygen atoms in total. The Morgan fingerprint density at radius 1 is 1.23 bits per heavy atom. The summed E-state index contributed by atoms with van der Waals surface area (Å²) < 4.78 is 9.82. The Kier molecular flexibility index (Phi) is 6.03. The third-order valence-electron chi connectivity index (χ3n) is 5.32. The van der Waals surface area contributed by atoms with Gasteiger partial charge in [0.05, 0.1) is 26.3 Å². The highest BCUT2D eigenvalue weighted by molar-refractivity contribution is 6.77. The first-order valence-corrected chi connectivity index (χ1v) is 13.5. The van der Waals surface area contributed by atoms with Gasteiger partial charge in [-0.1, -0.05) is 37.8 Å². The van der Waals surface area contributed by atoms with Crippen LogP contribution in [0.4, 0.5) is 0 Å². The number of ether oxygens (including phenoxy) is 1. The summed E-state index contributed by atoms with van der Waals surface area (Å²) in [6, 6.07) is 9.20. The summed E-state index contributed by atoms with van der Waals surface area (Å²) in [6.45, 7) is 8.66. The molecule has 158 valence electrons. The Morgan fingerprint density at radius 2 is 1.90 bits per heavy atom. The van der Waals surface area contributed by atoms with Crippen LogP contribution < -0.4 is 11.2 Å². The minimum atomic E-state index is -1.58. The summed E-state index contributed by atoms with van der Waals surface area (Å²) in [6.07, 6.45) is 0. The van der Waals surface area contributed by atoms with Gasteiger partial charge in [-0.2, -0.15) is 10.2 Å². The zero-order chi connectivity index (χ0) is 22.2. The molecule has 30 heavy (non-hydrogen) atoms. The fourth-order valence-corrected chi connectivity index (χ4v) is 3.76. The van der Waals surface area contributed by atoms with Crippen LogP contribution in [0.15, 0.2) is 33.9 Å². The Morgan fingerprint density at radius 3 is 2.53 bits per heavy atom. The van der Waals surface area contributed by atoms with Gasteiger partial charge < -0.3 is 9.30 Å². The normalized spacial score (nSPS) is 12.8. The Labute approximate surface area is 179 Å². The molecule has 1 aromatic carbocycles. The van der Waals surface area contributed by atoms with E-state index in [0.717, 1.165) is 4.57 Å². The van der Waals surface area contributed by atoms with Gasteiger partial charge in [0.1, 0.15) is 6.73 Å². The van der Waals surface area contributed by atoms with E-state index in [4.69, 9.17) is 16.3 Å². The van der Waals surface area contributed by atoms with E-state index < -0.39 is 19.3 Å². The molecule has 2 aromatic heterocycles. The van der Waals surface area contributed by atoms with Crippen LogP contribution in [0.1, 0.15) is 18.1 Å². The zero-order valence-corrected chi connectivity index (χ0v) is 19.4. The lowest BCUT2D eigenvalue weighted by Gasteiger charge is -2.25. The number of nitriles is 1. The number of aromatic nitrogens is 4. The van der Waals surface area contributed by atoms with Crippen molar-refractivity contribution in [2.45, 2.75) is 45.6 Å². The van der Waals surface area contributed by atoms with Gasteiger partial charge in [0, 0.05) is 12.8 Å². The molecule has 0 saturated heterocycles. The summed E-state index contributed by atoms with van der Waals surface area (Å²) in [4.78, 5) is 30.0. The molecule has 0 aliphatic heterocycles. The van der Waals surface area contributed by atoms with Crippen molar-refractivity contribution in [2.75, 3.05) is 0 Å². The predicted molar refractivity (Wildman–Crippen MR) is 118 cm³/mol. The number of fused-ring (bicyclic) bond motifs is 1. The molecule has 0 N–H and O–H groups in total. The first-order valence-electron chi connectivity index (χ1n) is 9.51. The lowest BCUT2D eigenvalue weighted by atomic mass is 10.1. The molecule has 2 heterocycles. The highest BCUT2D eigenvalue weighted by atomic mass is 35.5. The fourth-order valence-electron chi connectivity index (χ4n) is 2.96. The fraction of sp³-hybridized carbons (Fsp3) is 0.400. The largest absolute Gasteiger partial charge is 0.361 e. The molecule has 0 aliphatic rings. The molecule has 3 rings (SSSR count). The van der Waals surface area contributed by atoms with E-state index in [2.05, 4.69) is 30.7 Å². The van der Waals surface area contributed by atoms with Crippen LogP contribution in [0, 0.1) is 11.3 Å². The molecule has 0 aliphatic carbocycles. The van der Waals surface area contributed by atoms with Crippen molar-refractivity contribution in [2.24, 2.45) is 7.05 Å². The third-order valence-corrected chi connectivity index (χ3v) is 8.22. The second-order valence-corrected chi connectivity index (χ2v) is 14.2. The molecule has 0 amide bonds. The van der Waals surface area contributed by atoms with Crippen molar-refractivity contribution in [1.29, 1.82) is 5.26 Å². The number of halogens is 1. The Balaban J connectivity index is 2.15. The van der Waals surface area contributed by atoms with E-state index in [0.29, 0.717) is 11.1 Å². The van der Waals surface area contributed by atoms with E-state index in [1.165, 1.54) is 16.2 Å². The van der Waals surface area contributed by atoms with E-state index in [-0.39, 0.29) is 35.5 Å². The third kappa shape index (κ3) is 3.99. The summed E-state index contributed by atoms with van der Waals surface area (Å²) >= 11 is 6.37. The molecule has 10 heteroatoms. The number of rotatable bonds is 6. The number of imidazole rings is 1. The topological polar surface area (TPSA) is 94.8 Å². The number of hydrogen-bond acceptors (Lipinski definition) is 5. The van der Waals surface area contributed by atoms with Crippen molar-refractivity contribution in [3.05, 3.63) is 61.5 Å². The predicted octanol–water partition coefficient (Wildman–Crippen LogP) is 2.71. The minimum absolute atomic E-state index is 0.00301. The van der Waals surface area contributed by atoms with E-state index >= 15 is 0 Å². The van der Waals surface area contributed by atoms with E-state index in [1.807, 2.05) is 13.0 Å². The van der Waals surface area contributed by atoms with Crippen molar-refractivity contribution >= 4 is 30.8 Å². The Hall–Kier alpha value is -2.67. The molecule has 0 fully saturated rings. The van der Waals surface area contributed by atoms with Gasteiger partial charge in [-0.15, -0.1) is 0 Å². The van der Waals surface area contributed by atoms with Crippen LogP contribution in [0.3, 0.4) is 0 Å². The van der Waals surface area contributed by atoms with E-state index in [1.54, 1.807) is 18.2 Å². The van der Waals surface area contributed by atoms with Crippen LogP contribution in [0.5, 0.6) is 0 Å². The van der Waals surface area contributed by atoms with Crippen LogP contribution in [-0.4, -0.2) is 32.5 Å². The second kappa shape index (κ2) is 8.22. The second-order valence-electron chi connectivity index (χ2n) is 8.29. The molecule has 0 bridgehead atoms. The summed E-state index contributed by atoms with van der Waals surface area (Å²) in [5.41, 5.74) is 0.519. The Bertz CT molecular complexity index is 1260. The lowest BCUT2D eigenvalue weighted by molar-refractivity contribution is 0.0554. The van der Waals surface area contributed by atoms with Crippen LogP contribution in [-0.2, 0) is 25.1 Å². The molecule has 0 spiro atoms. The summed E-state index contributed by atoms with van der Waals surface area (Å²) in [5.74, 6) is 0. The maximum Gasteiger partial charge on any atom is 0.334 e. The van der Waals surface area contributed by atoms with Crippen LogP contribution in [0.2, 0.25) is 24.9 Å². The minimum Gasteiger partial charge on any atom is -0.361 e.